The van der Waals surface area contributed by atoms with Crippen molar-refractivity contribution in [1.82, 2.24) is 19.7 Å². The fourth-order valence-corrected chi connectivity index (χ4v) is 2.33. The van der Waals surface area contributed by atoms with Gasteiger partial charge in [0.1, 0.15) is 25.2 Å². The molecule has 1 atom stereocenters. The van der Waals surface area contributed by atoms with Crippen molar-refractivity contribution in [2.75, 3.05) is 5.32 Å². The zero-order valence-electron chi connectivity index (χ0n) is 11.6. The zero-order chi connectivity index (χ0) is 14.8. The lowest BCUT2D eigenvalue weighted by atomic mass is 10.1. The maximum Gasteiger partial charge on any atom is 0.246 e. The Morgan fingerprint density at radius 1 is 1.43 bits per heavy atom. The van der Waals surface area contributed by atoms with Crippen LogP contribution in [0.3, 0.4) is 0 Å². The number of hydrogen-bond donors (Lipinski definition) is 1. The standard InChI is InChI=1S/C14H15N5O2/c1-10-14(21)17-12-5-3-2-4-11(12)6-19(10)13(20)7-18-9-15-8-16-18/h2-5,8-10H,6-7H2,1H3,(H,17,21). The predicted octanol–water partition coefficient (Wildman–Crippen LogP) is 0.648. The van der Waals surface area contributed by atoms with Gasteiger partial charge in [-0.2, -0.15) is 5.10 Å². The van der Waals surface area contributed by atoms with E-state index in [4.69, 9.17) is 0 Å². The van der Waals surface area contributed by atoms with Gasteiger partial charge in [-0.15, -0.1) is 0 Å². The Morgan fingerprint density at radius 2 is 2.24 bits per heavy atom. The minimum absolute atomic E-state index is 0.0692. The van der Waals surface area contributed by atoms with Gasteiger partial charge in [0.25, 0.3) is 0 Å². The summed E-state index contributed by atoms with van der Waals surface area (Å²) in [7, 11) is 0. The number of aromatic nitrogens is 3. The molecule has 0 fully saturated rings. The maximum atomic E-state index is 12.4. The summed E-state index contributed by atoms with van der Waals surface area (Å²) in [5, 5.41) is 6.77. The summed E-state index contributed by atoms with van der Waals surface area (Å²) in [5.74, 6) is -0.355. The molecule has 1 aromatic carbocycles. The largest absolute Gasteiger partial charge is 0.325 e. The second-order valence-electron chi connectivity index (χ2n) is 4.94. The second-order valence-corrected chi connectivity index (χ2v) is 4.94. The van der Waals surface area contributed by atoms with Crippen molar-refractivity contribution >= 4 is 17.5 Å². The third kappa shape index (κ3) is 2.62. The highest BCUT2D eigenvalue weighted by atomic mass is 16.2. The topological polar surface area (TPSA) is 80.1 Å². The summed E-state index contributed by atoms with van der Waals surface area (Å²) in [5.41, 5.74) is 1.67. The summed E-state index contributed by atoms with van der Waals surface area (Å²) in [6.45, 7) is 2.18. The van der Waals surface area contributed by atoms with Gasteiger partial charge in [0.15, 0.2) is 0 Å². The van der Waals surface area contributed by atoms with Gasteiger partial charge in [-0.1, -0.05) is 18.2 Å². The quantitative estimate of drug-likeness (QED) is 0.878. The maximum absolute atomic E-state index is 12.4. The first-order valence-corrected chi connectivity index (χ1v) is 6.66. The number of carbonyl (C=O) groups excluding carboxylic acids is 2. The summed E-state index contributed by atoms with van der Waals surface area (Å²) in [4.78, 5) is 30.0. The van der Waals surface area contributed by atoms with Crippen molar-refractivity contribution in [2.24, 2.45) is 0 Å². The van der Waals surface area contributed by atoms with Crippen LogP contribution in [0.5, 0.6) is 0 Å². The number of rotatable bonds is 2. The van der Waals surface area contributed by atoms with Crippen molar-refractivity contribution in [3.05, 3.63) is 42.5 Å². The van der Waals surface area contributed by atoms with Gasteiger partial charge in [-0.3, -0.25) is 9.59 Å². The highest BCUT2D eigenvalue weighted by Crippen LogP contribution is 2.23. The molecule has 0 radical (unpaired) electrons. The van der Waals surface area contributed by atoms with Crippen LogP contribution in [0.25, 0.3) is 0 Å². The van der Waals surface area contributed by atoms with E-state index in [9.17, 15) is 9.59 Å². The van der Waals surface area contributed by atoms with Crippen LogP contribution >= 0.6 is 0 Å². The number of hydrogen-bond acceptors (Lipinski definition) is 4. The lowest BCUT2D eigenvalue weighted by Crippen LogP contribution is -2.44. The van der Waals surface area contributed by atoms with Crippen LogP contribution in [0.1, 0.15) is 12.5 Å². The second kappa shape index (κ2) is 5.35. The number of para-hydroxylation sites is 1. The normalized spacial score (nSPS) is 17.9. The van der Waals surface area contributed by atoms with Gasteiger partial charge in [0.2, 0.25) is 11.8 Å². The van der Waals surface area contributed by atoms with Gasteiger partial charge >= 0.3 is 0 Å². The fourth-order valence-electron chi connectivity index (χ4n) is 2.33. The molecule has 21 heavy (non-hydrogen) atoms. The molecule has 7 heteroatoms. The van der Waals surface area contributed by atoms with Gasteiger partial charge in [-0.05, 0) is 18.6 Å². The molecule has 1 aliphatic rings. The van der Waals surface area contributed by atoms with E-state index in [-0.39, 0.29) is 18.4 Å². The molecular formula is C14H15N5O2. The van der Waals surface area contributed by atoms with Crippen molar-refractivity contribution in [1.29, 1.82) is 0 Å². The summed E-state index contributed by atoms with van der Waals surface area (Å²) < 4.78 is 1.45. The Hall–Kier alpha value is -2.70. The van der Waals surface area contributed by atoms with E-state index in [1.807, 2.05) is 24.3 Å². The molecule has 1 aromatic heterocycles. The van der Waals surface area contributed by atoms with E-state index < -0.39 is 6.04 Å². The molecule has 1 N–H and O–H groups in total. The van der Waals surface area contributed by atoms with Gasteiger partial charge < -0.3 is 10.2 Å². The smallest absolute Gasteiger partial charge is 0.246 e. The van der Waals surface area contributed by atoms with Crippen molar-refractivity contribution in [3.63, 3.8) is 0 Å². The molecule has 108 valence electrons. The number of carbonyl (C=O) groups is 2. The molecule has 1 aliphatic heterocycles. The van der Waals surface area contributed by atoms with Crippen LogP contribution in [-0.2, 0) is 22.7 Å². The minimum Gasteiger partial charge on any atom is -0.325 e. The van der Waals surface area contributed by atoms with Crippen molar-refractivity contribution in [2.45, 2.75) is 26.1 Å². The molecule has 0 spiro atoms. The first-order chi connectivity index (χ1) is 10.1. The molecule has 0 saturated carbocycles. The summed E-state index contributed by atoms with van der Waals surface area (Å²) >= 11 is 0. The monoisotopic (exact) mass is 285 g/mol. The van der Waals surface area contributed by atoms with Crippen LogP contribution in [0.15, 0.2) is 36.9 Å². The average Bonchev–Trinajstić information content (AvgIpc) is 2.93. The Balaban J connectivity index is 1.86. The first kappa shape index (κ1) is 13.3. The Morgan fingerprint density at radius 3 is 3.00 bits per heavy atom. The molecule has 0 saturated heterocycles. The van der Waals surface area contributed by atoms with E-state index >= 15 is 0 Å². The van der Waals surface area contributed by atoms with Crippen LogP contribution in [-0.4, -0.2) is 37.5 Å². The van der Waals surface area contributed by atoms with E-state index in [0.717, 1.165) is 11.3 Å². The van der Waals surface area contributed by atoms with E-state index in [2.05, 4.69) is 15.4 Å². The molecule has 2 amide bonds. The number of nitrogens with zero attached hydrogens (tertiary/aromatic N) is 4. The Labute approximate surface area is 121 Å². The molecule has 1 unspecified atom stereocenters. The average molecular weight is 285 g/mol. The van der Waals surface area contributed by atoms with Gasteiger partial charge in [0.05, 0.1) is 0 Å². The van der Waals surface area contributed by atoms with E-state index in [1.165, 1.54) is 17.3 Å². The van der Waals surface area contributed by atoms with Crippen molar-refractivity contribution < 1.29 is 9.59 Å². The highest BCUT2D eigenvalue weighted by Gasteiger charge is 2.30. The molecule has 0 bridgehead atoms. The van der Waals surface area contributed by atoms with Gasteiger partial charge in [0, 0.05) is 12.2 Å². The van der Waals surface area contributed by atoms with Crippen LogP contribution in [0.2, 0.25) is 0 Å². The molecule has 0 aliphatic carbocycles. The van der Waals surface area contributed by atoms with Crippen LogP contribution in [0.4, 0.5) is 5.69 Å². The number of anilines is 1. The number of amides is 2. The van der Waals surface area contributed by atoms with Crippen LogP contribution < -0.4 is 5.32 Å². The molecule has 2 heterocycles. The molecular weight excluding hydrogens is 270 g/mol. The number of fused-ring (bicyclic) bond motifs is 1. The molecule has 2 aromatic rings. The highest BCUT2D eigenvalue weighted by molar-refractivity contribution is 5.98. The molecule has 3 rings (SSSR count). The predicted molar refractivity (Wildman–Crippen MR) is 75.1 cm³/mol. The third-order valence-electron chi connectivity index (χ3n) is 3.55. The lowest BCUT2D eigenvalue weighted by Gasteiger charge is -2.25. The SMILES string of the molecule is CC1C(=O)Nc2ccccc2CN1C(=O)Cn1cncn1. The van der Waals surface area contributed by atoms with Crippen LogP contribution in [0, 0.1) is 0 Å². The Bertz CT molecular complexity index is 668. The third-order valence-corrected chi connectivity index (χ3v) is 3.55. The Kier molecular flexibility index (Phi) is 3.39. The summed E-state index contributed by atoms with van der Waals surface area (Å²) in [6, 6.07) is 6.96. The number of benzene rings is 1. The van der Waals surface area contributed by atoms with Gasteiger partial charge in [-0.25, -0.2) is 9.67 Å². The van der Waals surface area contributed by atoms with Crippen molar-refractivity contribution in [3.8, 4) is 0 Å². The lowest BCUT2D eigenvalue weighted by molar-refractivity contribution is -0.139. The van der Waals surface area contributed by atoms with E-state index in [0.29, 0.717) is 6.54 Å². The number of nitrogens with one attached hydrogen (secondary N) is 1. The fraction of sp³-hybridized carbons (Fsp3) is 0.286. The summed E-state index contributed by atoms with van der Waals surface area (Å²) in [6.07, 6.45) is 2.86. The van der Waals surface area contributed by atoms with E-state index in [1.54, 1.807) is 11.8 Å². The minimum atomic E-state index is -0.534. The molecule has 7 nitrogen and oxygen atoms in total. The zero-order valence-corrected chi connectivity index (χ0v) is 11.6. The first-order valence-electron chi connectivity index (χ1n) is 6.66.